The molecule has 7 nitrogen and oxygen atoms in total. The summed E-state index contributed by atoms with van der Waals surface area (Å²) < 4.78 is 10.7. The number of guanidine groups is 1. The molecule has 0 spiro atoms. The highest BCUT2D eigenvalue weighted by Crippen LogP contribution is 2.25. The summed E-state index contributed by atoms with van der Waals surface area (Å²) in [4.78, 5) is 8.91. The van der Waals surface area contributed by atoms with Gasteiger partial charge in [0.05, 0.1) is 20.8 Å². The lowest BCUT2D eigenvalue weighted by Gasteiger charge is -2.13. The smallest absolute Gasteiger partial charge is 0.191 e. The summed E-state index contributed by atoms with van der Waals surface area (Å²) in [5.74, 6) is 3.27. The van der Waals surface area contributed by atoms with Gasteiger partial charge < -0.3 is 25.4 Å². The first-order valence-electron chi connectivity index (χ1n) is 9.64. The molecule has 0 saturated carbocycles. The number of unbranched alkanes of at least 4 members (excludes halogenated alkanes) is 1. The third kappa shape index (κ3) is 9.21. The number of nitrogens with one attached hydrogen (secondary N) is 3. The van der Waals surface area contributed by atoms with Crippen molar-refractivity contribution < 1.29 is 9.47 Å². The standard InChI is InChI=1S/C21H31N5O2.HI/c1-4-22-21(25-14-8-7-13-24-20-9-5-6-12-23-20)26-16-17-10-11-18(27-2)15-19(17)28-3;/h5-6,9-12,15H,4,7-8,13-14,16H2,1-3H3,(H,23,24)(H2,22,25,26);1H. The van der Waals surface area contributed by atoms with Gasteiger partial charge >= 0.3 is 0 Å². The van der Waals surface area contributed by atoms with Crippen molar-refractivity contribution in [3.8, 4) is 11.5 Å². The maximum atomic E-state index is 5.44. The Kier molecular flexibility index (Phi) is 12.6. The molecule has 0 fully saturated rings. The molecule has 160 valence electrons. The van der Waals surface area contributed by atoms with E-state index in [1.54, 1.807) is 20.4 Å². The quantitative estimate of drug-likeness (QED) is 0.184. The SMILES string of the molecule is CCNC(=NCc1ccc(OC)cc1OC)NCCCCNc1ccccn1.I. The van der Waals surface area contributed by atoms with Gasteiger partial charge in [0.2, 0.25) is 0 Å². The first-order chi connectivity index (χ1) is 13.8. The van der Waals surface area contributed by atoms with E-state index in [0.29, 0.717) is 6.54 Å². The van der Waals surface area contributed by atoms with E-state index in [1.165, 1.54) is 0 Å². The molecule has 8 heteroatoms. The molecule has 0 aliphatic heterocycles. The van der Waals surface area contributed by atoms with Crippen LogP contribution in [0.5, 0.6) is 11.5 Å². The van der Waals surface area contributed by atoms with E-state index < -0.39 is 0 Å². The molecule has 0 unspecified atom stereocenters. The number of methoxy groups -OCH3 is 2. The van der Waals surface area contributed by atoms with Crippen LogP contribution >= 0.6 is 24.0 Å². The number of anilines is 1. The van der Waals surface area contributed by atoms with Crippen molar-refractivity contribution in [1.29, 1.82) is 0 Å². The highest BCUT2D eigenvalue weighted by molar-refractivity contribution is 14.0. The second-order valence-corrected chi connectivity index (χ2v) is 6.15. The van der Waals surface area contributed by atoms with Crippen LogP contribution in [0.15, 0.2) is 47.6 Å². The molecule has 3 N–H and O–H groups in total. The fourth-order valence-corrected chi connectivity index (χ4v) is 2.63. The lowest BCUT2D eigenvalue weighted by atomic mass is 10.2. The van der Waals surface area contributed by atoms with Gasteiger partial charge in [0.25, 0.3) is 0 Å². The topological polar surface area (TPSA) is 79.8 Å². The summed E-state index contributed by atoms with van der Waals surface area (Å²) in [6, 6.07) is 11.6. The Hall–Kier alpha value is -2.23. The van der Waals surface area contributed by atoms with Gasteiger partial charge in [-0.05, 0) is 44.0 Å². The van der Waals surface area contributed by atoms with E-state index in [1.807, 2.05) is 36.4 Å². The van der Waals surface area contributed by atoms with Gasteiger partial charge in [-0.25, -0.2) is 9.98 Å². The molecule has 0 radical (unpaired) electrons. The molecule has 0 amide bonds. The zero-order chi connectivity index (χ0) is 20.0. The van der Waals surface area contributed by atoms with Gasteiger partial charge in [0.15, 0.2) is 5.96 Å². The third-order valence-corrected chi connectivity index (χ3v) is 4.11. The van der Waals surface area contributed by atoms with Crippen molar-refractivity contribution in [2.75, 3.05) is 39.2 Å². The monoisotopic (exact) mass is 513 g/mol. The van der Waals surface area contributed by atoms with E-state index in [4.69, 9.17) is 9.47 Å². The van der Waals surface area contributed by atoms with Gasteiger partial charge in [-0.15, -0.1) is 24.0 Å². The second-order valence-electron chi connectivity index (χ2n) is 6.15. The molecule has 0 bridgehead atoms. The van der Waals surface area contributed by atoms with Crippen molar-refractivity contribution in [3.05, 3.63) is 48.2 Å². The highest BCUT2D eigenvalue weighted by atomic mass is 127. The first kappa shape index (κ1) is 24.8. The Balaban J connectivity index is 0.00000420. The maximum absolute atomic E-state index is 5.44. The summed E-state index contributed by atoms with van der Waals surface area (Å²) in [6.07, 6.45) is 3.88. The van der Waals surface area contributed by atoms with Crippen LogP contribution in [0.25, 0.3) is 0 Å². The molecular weight excluding hydrogens is 481 g/mol. The summed E-state index contributed by atoms with van der Waals surface area (Å²) in [7, 11) is 3.30. The van der Waals surface area contributed by atoms with Crippen LogP contribution in [0.4, 0.5) is 5.82 Å². The van der Waals surface area contributed by atoms with Gasteiger partial charge in [-0.2, -0.15) is 0 Å². The Labute approximate surface area is 190 Å². The minimum absolute atomic E-state index is 0. The summed E-state index contributed by atoms with van der Waals surface area (Å²) >= 11 is 0. The molecule has 1 heterocycles. The summed E-state index contributed by atoms with van der Waals surface area (Å²) in [6.45, 7) is 5.16. The number of rotatable bonds is 11. The largest absolute Gasteiger partial charge is 0.497 e. The predicted molar refractivity (Wildman–Crippen MR) is 130 cm³/mol. The molecule has 1 aromatic heterocycles. The molecule has 2 aromatic rings. The van der Waals surface area contributed by atoms with Crippen LogP contribution in [0.1, 0.15) is 25.3 Å². The van der Waals surface area contributed by atoms with Crippen LogP contribution in [-0.2, 0) is 6.54 Å². The van der Waals surface area contributed by atoms with Crippen LogP contribution in [-0.4, -0.2) is 44.8 Å². The average Bonchev–Trinajstić information content (AvgIpc) is 2.74. The molecule has 0 aliphatic carbocycles. The fourth-order valence-electron chi connectivity index (χ4n) is 2.63. The third-order valence-electron chi connectivity index (χ3n) is 4.11. The molecule has 0 atom stereocenters. The zero-order valence-corrected chi connectivity index (χ0v) is 19.7. The van der Waals surface area contributed by atoms with Crippen molar-refractivity contribution in [2.24, 2.45) is 4.99 Å². The highest BCUT2D eigenvalue weighted by Gasteiger charge is 2.05. The predicted octanol–water partition coefficient (Wildman–Crippen LogP) is 3.66. The number of pyridine rings is 1. The van der Waals surface area contributed by atoms with Gasteiger partial charge in [0.1, 0.15) is 17.3 Å². The molecule has 29 heavy (non-hydrogen) atoms. The lowest BCUT2D eigenvalue weighted by Crippen LogP contribution is -2.37. The number of ether oxygens (including phenoxy) is 2. The van der Waals surface area contributed by atoms with E-state index >= 15 is 0 Å². The summed E-state index contributed by atoms with van der Waals surface area (Å²) in [5, 5.41) is 9.97. The lowest BCUT2D eigenvalue weighted by molar-refractivity contribution is 0.391. The van der Waals surface area contributed by atoms with Gasteiger partial charge in [-0.1, -0.05) is 6.07 Å². The molecule has 0 aliphatic rings. The molecule has 1 aromatic carbocycles. The number of aromatic nitrogens is 1. The zero-order valence-electron chi connectivity index (χ0n) is 17.4. The van der Waals surface area contributed by atoms with E-state index in [2.05, 4.69) is 32.9 Å². The van der Waals surface area contributed by atoms with Gasteiger partial charge in [-0.3, -0.25) is 0 Å². The maximum Gasteiger partial charge on any atom is 0.191 e. The van der Waals surface area contributed by atoms with Crippen molar-refractivity contribution in [1.82, 2.24) is 15.6 Å². The number of halogens is 1. The van der Waals surface area contributed by atoms with Crippen LogP contribution in [0, 0.1) is 0 Å². The average molecular weight is 513 g/mol. The number of nitrogens with zero attached hydrogens (tertiary/aromatic N) is 2. The van der Waals surface area contributed by atoms with E-state index in [9.17, 15) is 0 Å². The van der Waals surface area contributed by atoms with Crippen molar-refractivity contribution >= 4 is 35.8 Å². The molecular formula is C21H32IN5O2. The van der Waals surface area contributed by atoms with Crippen LogP contribution in [0.3, 0.4) is 0 Å². The summed E-state index contributed by atoms with van der Waals surface area (Å²) in [5.41, 5.74) is 1.01. The number of benzene rings is 1. The van der Waals surface area contributed by atoms with Crippen molar-refractivity contribution in [2.45, 2.75) is 26.3 Å². The van der Waals surface area contributed by atoms with E-state index in [-0.39, 0.29) is 24.0 Å². The Morgan fingerprint density at radius 2 is 1.86 bits per heavy atom. The Morgan fingerprint density at radius 3 is 2.55 bits per heavy atom. The minimum atomic E-state index is 0. The normalized spacial score (nSPS) is 10.7. The Bertz CT molecular complexity index is 728. The number of aliphatic imine (C=N–C) groups is 1. The van der Waals surface area contributed by atoms with Crippen molar-refractivity contribution in [3.63, 3.8) is 0 Å². The van der Waals surface area contributed by atoms with E-state index in [0.717, 1.165) is 61.3 Å². The van der Waals surface area contributed by atoms with Crippen LogP contribution < -0.4 is 25.4 Å². The fraction of sp³-hybridized carbons (Fsp3) is 0.429. The minimum Gasteiger partial charge on any atom is -0.497 e. The number of hydrogen-bond donors (Lipinski definition) is 3. The Morgan fingerprint density at radius 1 is 1.03 bits per heavy atom. The molecule has 0 saturated heterocycles. The number of hydrogen-bond acceptors (Lipinski definition) is 5. The van der Waals surface area contributed by atoms with Crippen LogP contribution in [0.2, 0.25) is 0 Å². The first-order valence-corrected chi connectivity index (χ1v) is 9.64. The van der Waals surface area contributed by atoms with Gasteiger partial charge in [0, 0.05) is 37.5 Å². The second kappa shape index (κ2) is 14.7. The molecule has 2 rings (SSSR count).